The molecule has 2 rings (SSSR count). The Kier molecular flexibility index (Phi) is 7.42. The van der Waals surface area contributed by atoms with Gasteiger partial charge in [0, 0.05) is 31.4 Å². The van der Waals surface area contributed by atoms with Crippen LogP contribution in [0.3, 0.4) is 0 Å². The van der Waals surface area contributed by atoms with Gasteiger partial charge in [-0.2, -0.15) is 0 Å². The maximum Gasteiger partial charge on any atom is 0.573 e. The summed E-state index contributed by atoms with van der Waals surface area (Å²) >= 11 is 0. The van der Waals surface area contributed by atoms with Crippen molar-refractivity contribution in [1.82, 2.24) is 10.3 Å². The molecule has 146 valence electrons. The molecular formula is C18H19F3N2O4. The molecule has 1 aromatic carbocycles. The van der Waals surface area contributed by atoms with Crippen molar-refractivity contribution in [1.29, 1.82) is 0 Å². The predicted octanol–water partition coefficient (Wildman–Crippen LogP) is 3.82. The second-order valence-electron chi connectivity index (χ2n) is 5.36. The van der Waals surface area contributed by atoms with Gasteiger partial charge in [0.2, 0.25) is 5.88 Å². The molecule has 0 radical (unpaired) electrons. The van der Waals surface area contributed by atoms with Crippen molar-refractivity contribution in [3.8, 4) is 17.4 Å². The van der Waals surface area contributed by atoms with Crippen LogP contribution in [0.4, 0.5) is 13.2 Å². The molecule has 0 atom stereocenters. The Bertz CT molecular complexity index is 736. The lowest BCUT2D eigenvalue weighted by molar-refractivity contribution is -0.274. The number of nitrogens with zero attached hydrogens (tertiary/aromatic N) is 1. The first-order chi connectivity index (χ1) is 12.9. The van der Waals surface area contributed by atoms with Crippen LogP contribution in [0, 0.1) is 0 Å². The number of halogens is 3. The van der Waals surface area contributed by atoms with Gasteiger partial charge < -0.3 is 19.5 Å². The molecule has 0 aliphatic rings. The second kappa shape index (κ2) is 9.77. The summed E-state index contributed by atoms with van der Waals surface area (Å²) < 4.78 is 50.8. The number of ether oxygens (including phenoxy) is 3. The molecule has 0 saturated heterocycles. The van der Waals surface area contributed by atoms with Gasteiger partial charge in [-0.25, -0.2) is 4.98 Å². The zero-order valence-electron chi connectivity index (χ0n) is 14.6. The molecule has 6 nitrogen and oxygen atoms in total. The second-order valence-corrected chi connectivity index (χ2v) is 5.36. The number of carbonyl (C=O) groups excluding carboxylic acids is 1. The Hall–Kier alpha value is -2.81. The average Bonchev–Trinajstić information content (AvgIpc) is 2.59. The van der Waals surface area contributed by atoms with Crippen molar-refractivity contribution in [2.24, 2.45) is 0 Å². The molecule has 0 unspecified atom stereocenters. The Labute approximate surface area is 154 Å². The number of rotatable bonds is 9. The van der Waals surface area contributed by atoms with E-state index in [1.807, 2.05) is 0 Å². The van der Waals surface area contributed by atoms with E-state index in [4.69, 9.17) is 9.47 Å². The maximum absolute atomic E-state index is 12.2. The van der Waals surface area contributed by atoms with Crippen LogP contribution in [0.1, 0.15) is 18.9 Å². The molecule has 9 heteroatoms. The first kappa shape index (κ1) is 20.5. The number of carbonyl (C=O) groups is 1. The smallest absolute Gasteiger partial charge is 0.466 e. The zero-order valence-corrected chi connectivity index (χ0v) is 14.6. The summed E-state index contributed by atoms with van der Waals surface area (Å²) in [5.41, 5.74) is 0.861. The fraction of sp³-hybridized carbons (Fsp3) is 0.333. The molecule has 0 amide bonds. The molecule has 2 aromatic rings. The molecule has 27 heavy (non-hydrogen) atoms. The topological polar surface area (TPSA) is 69.7 Å². The lowest BCUT2D eigenvalue weighted by Crippen LogP contribution is -2.19. The van der Waals surface area contributed by atoms with Crippen LogP contribution >= 0.6 is 0 Å². The van der Waals surface area contributed by atoms with Crippen molar-refractivity contribution < 1.29 is 32.2 Å². The molecule has 1 N–H and O–H groups in total. The van der Waals surface area contributed by atoms with E-state index in [9.17, 15) is 18.0 Å². The number of esters is 1. The molecule has 0 spiro atoms. The van der Waals surface area contributed by atoms with E-state index in [-0.39, 0.29) is 29.8 Å². The van der Waals surface area contributed by atoms with E-state index in [1.165, 1.54) is 18.2 Å². The molecule has 0 aliphatic heterocycles. The fourth-order valence-corrected chi connectivity index (χ4v) is 2.09. The SMILES string of the molecule is CCOC(=O)CCNCc1ccc(Oc2cccc(OC(F)(F)F)c2)nc1. The normalized spacial score (nSPS) is 11.1. The number of hydrogen-bond acceptors (Lipinski definition) is 6. The minimum absolute atomic E-state index is 0.171. The van der Waals surface area contributed by atoms with Crippen LogP contribution in [0.2, 0.25) is 0 Å². The highest BCUT2D eigenvalue weighted by atomic mass is 19.4. The van der Waals surface area contributed by atoms with E-state index in [1.54, 1.807) is 25.3 Å². The standard InChI is InChI=1S/C18H19F3N2O4/c1-2-25-17(24)8-9-22-11-13-6-7-16(23-12-13)26-14-4-3-5-15(10-14)27-18(19,20)21/h3-7,10,12,22H,2,8-9,11H2,1H3. The molecule has 0 saturated carbocycles. The number of benzene rings is 1. The van der Waals surface area contributed by atoms with Gasteiger partial charge in [-0.15, -0.1) is 13.2 Å². The summed E-state index contributed by atoms with van der Waals surface area (Å²) in [6.07, 6.45) is -2.92. The average molecular weight is 384 g/mol. The van der Waals surface area contributed by atoms with Crippen molar-refractivity contribution in [2.75, 3.05) is 13.2 Å². The Morgan fingerprint density at radius 2 is 1.96 bits per heavy atom. The highest BCUT2D eigenvalue weighted by Crippen LogP contribution is 2.28. The summed E-state index contributed by atoms with van der Waals surface area (Å²) in [6, 6.07) is 8.54. The summed E-state index contributed by atoms with van der Waals surface area (Å²) in [7, 11) is 0. The fourth-order valence-electron chi connectivity index (χ4n) is 2.09. The molecule has 0 aliphatic carbocycles. The number of nitrogens with one attached hydrogen (secondary N) is 1. The molecule has 1 aromatic heterocycles. The Balaban J connectivity index is 1.83. The van der Waals surface area contributed by atoms with Crippen molar-refractivity contribution >= 4 is 5.97 Å². The lowest BCUT2D eigenvalue weighted by Gasteiger charge is -2.10. The van der Waals surface area contributed by atoms with Gasteiger partial charge in [-0.1, -0.05) is 12.1 Å². The van der Waals surface area contributed by atoms with Crippen LogP contribution in [0.15, 0.2) is 42.6 Å². The highest BCUT2D eigenvalue weighted by molar-refractivity contribution is 5.69. The van der Waals surface area contributed by atoms with Crippen molar-refractivity contribution in [3.63, 3.8) is 0 Å². The Morgan fingerprint density at radius 3 is 2.63 bits per heavy atom. The maximum atomic E-state index is 12.2. The highest BCUT2D eigenvalue weighted by Gasteiger charge is 2.31. The van der Waals surface area contributed by atoms with Crippen molar-refractivity contribution in [2.45, 2.75) is 26.3 Å². The van der Waals surface area contributed by atoms with Gasteiger partial charge in [0.1, 0.15) is 11.5 Å². The van der Waals surface area contributed by atoms with Gasteiger partial charge in [-0.3, -0.25) is 4.79 Å². The van der Waals surface area contributed by atoms with Gasteiger partial charge in [0.15, 0.2) is 0 Å². The van der Waals surface area contributed by atoms with E-state index in [2.05, 4.69) is 15.0 Å². The monoisotopic (exact) mass is 384 g/mol. The van der Waals surface area contributed by atoms with Crippen LogP contribution in [0.25, 0.3) is 0 Å². The van der Waals surface area contributed by atoms with E-state index in [0.29, 0.717) is 19.7 Å². The number of pyridine rings is 1. The molecule has 1 heterocycles. The summed E-state index contributed by atoms with van der Waals surface area (Å²) in [5.74, 6) is -0.231. The minimum atomic E-state index is -4.77. The summed E-state index contributed by atoms with van der Waals surface area (Å²) in [5, 5.41) is 3.08. The number of aromatic nitrogens is 1. The first-order valence-electron chi connectivity index (χ1n) is 8.20. The van der Waals surface area contributed by atoms with Crippen LogP contribution < -0.4 is 14.8 Å². The zero-order chi connectivity index (χ0) is 19.7. The third-order valence-electron chi connectivity index (χ3n) is 3.20. The first-order valence-corrected chi connectivity index (χ1v) is 8.20. The van der Waals surface area contributed by atoms with Gasteiger partial charge in [-0.05, 0) is 24.6 Å². The van der Waals surface area contributed by atoms with Gasteiger partial charge in [0.25, 0.3) is 0 Å². The number of alkyl halides is 3. The lowest BCUT2D eigenvalue weighted by atomic mass is 10.3. The quantitative estimate of drug-likeness (QED) is 0.524. The molecular weight excluding hydrogens is 365 g/mol. The van der Waals surface area contributed by atoms with Gasteiger partial charge >= 0.3 is 12.3 Å². The van der Waals surface area contributed by atoms with Crippen LogP contribution in [0.5, 0.6) is 17.4 Å². The summed E-state index contributed by atoms with van der Waals surface area (Å²) in [4.78, 5) is 15.3. The van der Waals surface area contributed by atoms with E-state index in [0.717, 1.165) is 11.6 Å². The Morgan fingerprint density at radius 1 is 1.19 bits per heavy atom. The third kappa shape index (κ3) is 7.95. The molecule has 0 fully saturated rings. The minimum Gasteiger partial charge on any atom is -0.466 e. The summed E-state index contributed by atoms with van der Waals surface area (Å²) in [6.45, 7) is 3.08. The predicted molar refractivity (Wildman–Crippen MR) is 90.4 cm³/mol. The van der Waals surface area contributed by atoms with Crippen molar-refractivity contribution in [3.05, 3.63) is 48.2 Å². The van der Waals surface area contributed by atoms with E-state index >= 15 is 0 Å². The van der Waals surface area contributed by atoms with E-state index < -0.39 is 6.36 Å². The number of hydrogen-bond donors (Lipinski definition) is 1. The van der Waals surface area contributed by atoms with Crippen LogP contribution in [-0.4, -0.2) is 30.5 Å². The largest absolute Gasteiger partial charge is 0.573 e. The third-order valence-corrected chi connectivity index (χ3v) is 3.20. The van der Waals surface area contributed by atoms with Gasteiger partial charge in [0.05, 0.1) is 13.0 Å². The van der Waals surface area contributed by atoms with Crippen LogP contribution in [-0.2, 0) is 16.1 Å². The molecule has 0 bridgehead atoms.